The maximum atomic E-state index is 12.9. The van der Waals surface area contributed by atoms with Gasteiger partial charge in [0.2, 0.25) is 0 Å². The molecule has 3 rings (SSSR count). The van der Waals surface area contributed by atoms with Crippen molar-refractivity contribution in [2.24, 2.45) is 0 Å². The zero-order valence-corrected chi connectivity index (χ0v) is 17.3. The monoisotopic (exact) mass is 424 g/mol. The summed E-state index contributed by atoms with van der Waals surface area (Å²) in [6.45, 7) is 2.10. The van der Waals surface area contributed by atoms with Gasteiger partial charge in [-0.05, 0) is 30.2 Å². The number of benzene rings is 2. The number of carbonyl (C=O) groups excluding carboxylic acids is 2. The van der Waals surface area contributed by atoms with Crippen molar-refractivity contribution in [3.63, 3.8) is 0 Å². The van der Waals surface area contributed by atoms with Crippen LogP contribution in [0.15, 0.2) is 65.9 Å². The van der Waals surface area contributed by atoms with Crippen molar-refractivity contribution in [2.75, 3.05) is 13.7 Å². The number of ether oxygens (including phenoxy) is 2. The molecule has 8 heteroatoms. The number of esters is 1. The first-order chi connectivity index (χ1) is 14.9. The Balaban J connectivity index is 1.87. The minimum absolute atomic E-state index is 0.0513. The molecule has 1 heterocycles. The average molecular weight is 424 g/mol. The van der Waals surface area contributed by atoms with Gasteiger partial charge in [-0.1, -0.05) is 42.5 Å². The van der Waals surface area contributed by atoms with Gasteiger partial charge in [0.1, 0.15) is 5.75 Å². The Kier molecular flexibility index (Phi) is 6.92. The van der Waals surface area contributed by atoms with Crippen LogP contribution in [-0.2, 0) is 20.9 Å². The molecule has 0 saturated carbocycles. The first kappa shape index (κ1) is 21.9. The lowest BCUT2D eigenvalue weighted by Crippen LogP contribution is -2.47. The molecule has 1 atom stereocenters. The highest BCUT2D eigenvalue weighted by Gasteiger charge is 2.36. The molecule has 0 saturated heterocycles. The molecule has 0 aliphatic carbocycles. The highest BCUT2D eigenvalue weighted by Crippen LogP contribution is 2.32. The molecule has 0 spiro atoms. The number of nitrogens with one attached hydrogen (secondary N) is 1. The smallest absolute Gasteiger partial charge is 0.337 e. The fourth-order valence-corrected chi connectivity index (χ4v) is 3.37. The number of hydrogen-bond acceptors (Lipinski definition) is 5. The number of carboxylic acid groups (broad SMARTS) is 1. The van der Waals surface area contributed by atoms with E-state index in [0.717, 1.165) is 5.56 Å². The second-order valence-electron chi connectivity index (χ2n) is 7.01. The van der Waals surface area contributed by atoms with Crippen molar-refractivity contribution in [1.29, 1.82) is 0 Å². The molecular weight excluding hydrogens is 400 g/mol. The molecule has 2 aromatic carbocycles. The van der Waals surface area contributed by atoms with Crippen molar-refractivity contribution in [3.05, 3.63) is 77.0 Å². The van der Waals surface area contributed by atoms with Crippen LogP contribution < -0.4 is 10.1 Å². The number of urea groups is 1. The molecule has 1 unspecified atom stereocenters. The van der Waals surface area contributed by atoms with Crippen LogP contribution in [0.2, 0.25) is 0 Å². The maximum absolute atomic E-state index is 12.9. The number of rotatable bonds is 8. The number of hydrogen-bond donors (Lipinski definition) is 2. The molecule has 8 nitrogen and oxygen atoms in total. The van der Waals surface area contributed by atoms with E-state index >= 15 is 0 Å². The number of carboxylic acids is 1. The molecular formula is C23H24N2O6. The molecule has 0 fully saturated rings. The average Bonchev–Trinajstić information content (AvgIpc) is 2.77. The standard InChI is InChI=1S/C23H24N2O6/c1-15-20(22(28)30-2)21(17-8-10-18(11-9-17)31-13-12-19(26)27)24-23(29)25(15)14-16-6-4-3-5-7-16/h3-11,21H,12-14H2,1-2H3,(H,24,29)(H,26,27). The predicted molar refractivity (Wildman–Crippen MR) is 112 cm³/mol. The van der Waals surface area contributed by atoms with E-state index in [4.69, 9.17) is 14.6 Å². The molecule has 1 aliphatic rings. The Morgan fingerprint density at radius 2 is 1.77 bits per heavy atom. The number of aliphatic carboxylic acids is 1. The normalized spacial score (nSPS) is 16.0. The summed E-state index contributed by atoms with van der Waals surface area (Å²) >= 11 is 0. The largest absolute Gasteiger partial charge is 0.493 e. The predicted octanol–water partition coefficient (Wildman–Crippen LogP) is 3.25. The van der Waals surface area contributed by atoms with Crippen LogP contribution in [0, 0.1) is 0 Å². The minimum Gasteiger partial charge on any atom is -0.493 e. The second kappa shape index (κ2) is 9.80. The molecule has 1 aliphatic heterocycles. The molecule has 162 valence electrons. The molecule has 0 bridgehead atoms. The maximum Gasteiger partial charge on any atom is 0.337 e. The fraction of sp³-hybridized carbons (Fsp3) is 0.261. The summed E-state index contributed by atoms with van der Waals surface area (Å²) in [5, 5.41) is 11.6. The van der Waals surface area contributed by atoms with Gasteiger partial charge >= 0.3 is 18.0 Å². The summed E-state index contributed by atoms with van der Waals surface area (Å²) in [6.07, 6.45) is -0.105. The lowest BCUT2D eigenvalue weighted by atomic mass is 9.94. The first-order valence-corrected chi connectivity index (χ1v) is 9.76. The molecule has 2 N–H and O–H groups in total. The van der Waals surface area contributed by atoms with Crippen LogP contribution in [0.5, 0.6) is 5.75 Å². The van der Waals surface area contributed by atoms with E-state index in [1.54, 1.807) is 31.2 Å². The van der Waals surface area contributed by atoms with Crippen molar-refractivity contribution in [2.45, 2.75) is 25.9 Å². The van der Waals surface area contributed by atoms with Gasteiger partial charge in [-0.15, -0.1) is 0 Å². The number of allylic oxidation sites excluding steroid dienone is 1. The van der Waals surface area contributed by atoms with E-state index in [1.807, 2.05) is 30.3 Å². The molecule has 2 aromatic rings. The van der Waals surface area contributed by atoms with Gasteiger partial charge in [-0.2, -0.15) is 0 Å². The quantitative estimate of drug-likeness (QED) is 0.631. The number of carbonyl (C=O) groups is 3. The van der Waals surface area contributed by atoms with Crippen LogP contribution in [0.3, 0.4) is 0 Å². The van der Waals surface area contributed by atoms with Crippen LogP contribution in [0.4, 0.5) is 4.79 Å². The van der Waals surface area contributed by atoms with Gasteiger partial charge in [0, 0.05) is 5.70 Å². The van der Waals surface area contributed by atoms with Crippen molar-refractivity contribution < 1.29 is 29.0 Å². The number of nitrogens with zero attached hydrogens (tertiary/aromatic N) is 1. The summed E-state index contributed by atoms with van der Waals surface area (Å²) in [6, 6.07) is 15.3. The van der Waals surface area contributed by atoms with Gasteiger partial charge in [0.05, 0.1) is 38.3 Å². The van der Waals surface area contributed by atoms with E-state index in [2.05, 4.69) is 5.32 Å². The van der Waals surface area contributed by atoms with Crippen LogP contribution in [0.25, 0.3) is 0 Å². The van der Waals surface area contributed by atoms with Crippen LogP contribution in [-0.4, -0.2) is 41.7 Å². The SMILES string of the molecule is COC(=O)C1=C(C)N(Cc2ccccc2)C(=O)NC1c1ccc(OCCC(=O)O)cc1. The van der Waals surface area contributed by atoms with Crippen molar-refractivity contribution in [1.82, 2.24) is 10.2 Å². The zero-order chi connectivity index (χ0) is 22.4. The highest BCUT2D eigenvalue weighted by atomic mass is 16.5. The van der Waals surface area contributed by atoms with Crippen molar-refractivity contribution >= 4 is 18.0 Å². The van der Waals surface area contributed by atoms with Crippen LogP contribution >= 0.6 is 0 Å². The third-order valence-corrected chi connectivity index (χ3v) is 4.98. The summed E-state index contributed by atoms with van der Waals surface area (Å²) < 4.78 is 10.4. The summed E-state index contributed by atoms with van der Waals surface area (Å²) in [4.78, 5) is 37.6. The highest BCUT2D eigenvalue weighted by molar-refractivity contribution is 5.95. The summed E-state index contributed by atoms with van der Waals surface area (Å²) in [7, 11) is 1.30. The molecule has 0 radical (unpaired) electrons. The fourth-order valence-electron chi connectivity index (χ4n) is 3.37. The van der Waals surface area contributed by atoms with Gasteiger partial charge in [0.25, 0.3) is 0 Å². The molecule has 0 aromatic heterocycles. The van der Waals surface area contributed by atoms with E-state index < -0.39 is 18.0 Å². The summed E-state index contributed by atoms with van der Waals surface area (Å²) in [5.74, 6) is -0.967. The van der Waals surface area contributed by atoms with Crippen molar-refractivity contribution in [3.8, 4) is 5.75 Å². The number of methoxy groups -OCH3 is 1. The Morgan fingerprint density at radius 3 is 2.39 bits per heavy atom. The van der Waals surface area contributed by atoms with E-state index in [1.165, 1.54) is 12.0 Å². The lowest BCUT2D eigenvalue weighted by molar-refractivity contribution is -0.138. The molecule has 31 heavy (non-hydrogen) atoms. The second-order valence-corrected chi connectivity index (χ2v) is 7.01. The third kappa shape index (κ3) is 5.22. The zero-order valence-electron chi connectivity index (χ0n) is 17.3. The lowest BCUT2D eigenvalue weighted by Gasteiger charge is -2.35. The Hall–Kier alpha value is -3.81. The van der Waals surface area contributed by atoms with Gasteiger partial charge < -0.3 is 19.9 Å². The van der Waals surface area contributed by atoms with Gasteiger partial charge in [-0.3, -0.25) is 9.69 Å². The van der Waals surface area contributed by atoms with Gasteiger partial charge in [0.15, 0.2) is 0 Å². The number of amides is 2. The molecule has 2 amide bonds. The Morgan fingerprint density at radius 1 is 1.10 bits per heavy atom. The van der Waals surface area contributed by atoms with E-state index in [9.17, 15) is 14.4 Å². The Labute approximate surface area is 180 Å². The van der Waals surface area contributed by atoms with Crippen LogP contribution in [0.1, 0.15) is 30.5 Å². The topological polar surface area (TPSA) is 105 Å². The van der Waals surface area contributed by atoms with Gasteiger partial charge in [-0.25, -0.2) is 9.59 Å². The third-order valence-electron chi connectivity index (χ3n) is 4.98. The first-order valence-electron chi connectivity index (χ1n) is 9.76. The Bertz CT molecular complexity index is 985. The minimum atomic E-state index is -0.940. The summed E-state index contributed by atoms with van der Waals surface area (Å²) in [5.41, 5.74) is 2.48. The van der Waals surface area contributed by atoms with E-state index in [0.29, 0.717) is 29.1 Å². The van der Waals surface area contributed by atoms with E-state index in [-0.39, 0.29) is 19.1 Å².